The van der Waals surface area contributed by atoms with Crippen molar-refractivity contribution in [2.75, 3.05) is 18.5 Å². The highest BCUT2D eigenvalue weighted by atomic mass is 79.9. The van der Waals surface area contributed by atoms with Gasteiger partial charge in [0.2, 0.25) is 0 Å². The third kappa shape index (κ3) is 2.94. The summed E-state index contributed by atoms with van der Waals surface area (Å²) in [6, 6.07) is 2.69. The maximum atomic E-state index is 14.0. The Balaban J connectivity index is 2.29. The topological polar surface area (TPSA) is 9.23 Å². The standard InChI is InChI=1S/C13H14Br2F2O/c14-7-13(4-1-5-18-8-13)6-9-11(16)3-2-10(15)12(9)17/h2-3H,1,4-8H2. The van der Waals surface area contributed by atoms with Crippen molar-refractivity contribution < 1.29 is 13.5 Å². The first-order valence-corrected chi connectivity index (χ1v) is 7.75. The highest BCUT2D eigenvalue weighted by molar-refractivity contribution is 9.10. The second-order valence-corrected chi connectivity index (χ2v) is 6.20. The molecule has 1 nitrogen and oxygen atoms in total. The van der Waals surface area contributed by atoms with Crippen molar-refractivity contribution in [3.8, 4) is 0 Å². The number of benzene rings is 1. The molecule has 0 N–H and O–H groups in total. The number of alkyl halides is 1. The van der Waals surface area contributed by atoms with E-state index in [-0.39, 0.29) is 11.0 Å². The molecule has 100 valence electrons. The van der Waals surface area contributed by atoms with Crippen LogP contribution in [0.2, 0.25) is 0 Å². The largest absolute Gasteiger partial charge is 0.381 e. The molecule has 1 aliphatic rings. The van der Waals surface area contributed by atoms with Gasteiger partial charge in [-0.15, -0.1) is 0 Å². The van der Waals surface area contributed by atoms with Gasteiger partial charge in [0.05, 0.1) is 11.1 Å². The van der Waals surface area contributed by atoms with E-state index in [4.69, 9.17) is 4.74 Å². The molecule has 1 unspecified atom stereocenters. The van der Waals surface area contributed by atoms with Crippen LogP contribution in [0.3, 0.4) is 0 Å². The van der Waals surface area contributed by atoms with Gasteiger partial charge in [-0.3, -0.25) is 0 Å². The van der Waals surface area contributed by atoms with E-state index < -0.39 is 11.6 Å². The first kappa shape index (κ1) is 14.4. The van der Waals surface area contributed by atoms with E-state index in [9.17, 15) is 8.78 Å². The predicted octanol–water partition coefficient (Wildman–Crippen LogP) is 4.46. The van der Waals surface area contributed by atoms with E-state index in [2.05, 4.69) is 31.9 Å². The third-order valence-corrected chi connectivity index (χ3v) is 5.18. The van der Waals surface area contributed by atoms with Crippen molar-refractivity contribution in [2.45, 2.75) is 19.3 Å². The monoisotopic (exact) mass is 382 g/mol. The second kappa shape index (κ2) is 5.97. The quantitative estimate of drug-likeness (QED) is 0.553. The average Bonchev–Trinajstić information content (AvgIpc) is 2.40. The molecule has 1 fully saturated rings. The van der Waals surface area contributed by atoms with Crippen molar-refractivity contribution in [2.24, 2.45) is 5.41 Å². The van der Waals surface area contributed by atoms with Crippen LogP contribution in [0.25, 0.3) is 0 Å². The molecule has 1 aliphatic heterocycles. The fourth-order valence-corrected chi connectivity index (χ4v) is 3.32. The molecular weight excluding hydrogens is 370 g/mol. The van der Waals surface area contributed by atoms with Crippen LogP contribution in [0, 0.1) is 17.0 Å². The Morgan fingerprint density at radius 3 is 2.72 bits per heavy atom. The number of hydrogen-bond donors (Lipinski definition) is 0. The van der Waals surface area contributed by atoms with Gasteiger partial charge in [-0.2, -0.15) is 0 Å². The molecule has 1 atom stereocenters. The van der Waals surface area contributed by atoms with Gasteiger partial charge in [0.15, 0.2) is 0 Å². The molecule has 0 bridgehead atoms. The Kier molecular flexibility index (Phi) is 4.78. The molecule has 0 aromatic heterocycles. The van der Waals surface area contributed by atoms with Crippen LogP contribution in [-0.4, -0.2) is 18.5 Å². The van der Waals surface area contributed by atoms with Gasteiger partial charge >= 0.3 is 0 Å². The van der Waals surface area contributed by atoms with Gasteiger partial charge in [-0.05, 0) is 47.3 Å². The lowest BCUT2D eigenvalue weighted by Crippen LogP contribution is -2.36. The van der Waals surface area contributed by atoms with Gasteiger partial charge < -0.3 is 4.74 Å². The van der Waals surface area contributed by atoms with Crippen molar-refractivity contribution >= 4 is 31.9 Å². The summed E-state index contributed by atoms with van der Waals surface area (Å²) in [6.45, 7) is 1.28. The molecule has 0 saturated carbocycles. The highest BCUT2D eigenvalue weighted by Gasteiger charge is 2.34. The normalized spacial score (nSPS) is 24.2. The van der Waals surface area contributed by atoms with Crippen LogP contribution in [-0.2, 0) is 11.2 Å². The van der Waals surface area contributed by atoms with Gasteiger partial charge in [0, 0.05) is 22.9 Å². The SMILES string of the molecule is Fc1ccc(Br)c(F)c1CC1(CBr)CCCOC1. The fourth-order valence-electron chi connectivity index (χ4n) is 2.31. The van der Waals surface area contributed by atoms with Gasteiger partial charge in [-0.25, -0.2) is 8.78 Å². The Morgan fingerprint density at radius 2 is 2.11 bits per heavy atom. The molecule has 1 aromatic carbocycles. The molecule has 0 amide bonds. The molecule has 18 heavy (non-hydrogen) atoms. The Labute approximate surface area is 122 Å². The number of ether oxygens (including phenoxy) is 1. The first-order valence-electron chi connectivity index (χ1n) is 5.84. The third-order valence-electron chi connectivity index (χ3n) is 3.38. The van der Waals surface area contributed by atoms with E-state index in [1.165, 1.54) is 12.1 Å². The lowest BCUT2D eigenvalue weighted by Gasteiger charge is -2.35. The summed E-state index contributed by atoms with van der Waals surface area (Å²) in [7, 11) is 0. The molecule has 2 rings (SSSR count). The highest BCUT2D eigenvalue weighted by Crippen LogP contribution is 2.36. The van der Waals surface area contributed by atoms with Crippen LogP contribution < -0.4 is 0 Å². The Bertz CT molecular complexity index is 431. The van der Waals surface area contributed by atoms with E-state index in [1.54, 1.807) is 0 Å². The predicted molar refractivity (Wildman–Crippen MR) is 74.0 cm³/mol. The average molecular weight is 384 g/mol. The Hall–Kier alpha value is -0.000000000000000132. The van der Waals surface area contributed by atoms with Crippen molar-refractivity contribution in [1.29, 1.82) is 0 Å². The summed E-state index contributed by atoms with van der Waals surface area (Å²) in [6.07, 6.45) is 2.21. The van der Waals surface area contributed by atoms with Crippen LogP contribution >= 0.6 is 31.9 Å². The zero-order valence-electron chi connectivity index (χ0n) is 9.82. The molecule has 1 aromatic rings. The number of hydrogen-bond acceptors (Lipinski definition) is 1. The van der Waals surface area contributed by atoms with Crippen LogP contribution in [0.1, 0.15) is 18.4 Å². The lowest BCUT2D eigenvalue weighted by molar-refractivity contribution is 0.00536. The lowest BCUT2D eigenvalue weighted by atomic mass is 9.79. The minimum absolute atomic E-state index is 0.148. The summed E-state index contributed by atoms with van der Waals surface area (Å²) in [5, 5.41) is 0.686. The van der Waals surface area contributed by atoms with Gasteiger partial charge in [0.1, 0.15) is 11.6 Å². The summed E-state index contributed by atoms with van der Waals surface area (Å²) >= 11 is 6.56. The smallest absolute Gasteiger partial charge is 0.143 e. The molecule has 1 heterocycles. The zero-order valence-corrected chi connectivity index (χ0v) is 13.0. The zero-order chi connectivity index (χ0) is 13.2. The Morgan fingerprint density at radius 1 is 1.33 bits per heavy atom. The van der Waals surface area contributed by atoms with E-state index in [0.29, 0.717) is 22.8 Å². The second-order valence-electron chi connectivity index (χ2n) is 4.79. The molecule has 0 spiro atoms. The fraction of sp³-hybridized carbons (Fsp3) is 0.538. The minimum atomic E-state index is -0.499. The first-order chi connectivity index (χ1) is 8.58. The van der Waals surface area contributed by atoms with Crippen LogP contribution in [0.5, 0.6) is 0 Å². The molecule has 0 radical (unpaired) electrons. The number of rotatable bonds is 3. The molecule has 1 saturated heterocycles. The maximum absolute atomic E-state index is 14.0. The summed E-state index contributed by atoms with van der Waals surface area (Å²) in [4.78, 5) is 0. The van der Waals surface area contributed by atoms with E-state index >= 15 is 0 Å². The van der Waals surface area contributed by atoms with Crippen molar-refractivity contribution in [3.63, 3.8) is 0 Å². The van der Waals surface area contributed by atoms with Gasteiger partial charge in [-0.1, -0.05) is 15.9 Å². The van der Waals surface area contributed by atoms with Crippen LogP contribution in [0.4, 0.5) is 8.78 Å². The molecule has 0 aliphatic carbocycles. The van der Waals surface area contributed by atoms with Gasteiger partial charge in [0.25, 0.3) is 0 Å². The molecular formula is C13H14Br2F2O. The van der Waals surface area contributed by atoms with Crippen molar-refractivity contribution in [3.05, 3.63) is 33.8 Å². The minimum Gasteiger partial charge on any atom is -0.381 e. The summed E-state index contributed by atoms with van der Waals surface area (Å²) < 4.78 is 33.5. The van der Waals surface area contributed by atoms with E-state index in [0.717, 1.165) is 19.4 Å². The summed E-state index contributed by atoms with van der Waals surface area (Å²) in [5.74, 6) is -0.984. The van der Waals surface area contributed by atoms with Crippen LogP contribution in [0.15, 0.2) is 16.6 Å². The van der Waals surface area contributed by atoms with Crippen molar-refractivity contribution in [1.82, 2.24) is 0 Å². The summed E-state index contributed by atoms with van der Waals surface area (Å²) in [5.41, 5.74) is -0.0601. The maximum Gasteiger partial charge on any atom is 0.143 e. The number of halogens is 4. The molecule has 5 heteroatoms. The van der Waals surface area contributed by atoms with E-state index in [1.807, 2.05) is 0 Å².